The van der Waals surface area contributed by atoms with Gasteiger partial charge in [0.1, 0.15) is 0 Å². The van der Waals surface area contributed by atoms with Crippen LogP contribution in [-0.4, -0.2) is 4.57 Å². The maximum Gasteiger partial charge on any atom is 0.0492 e. The molecule has 0 amide bonds. The molecular weight excluding hydrogens is 458 g/mol. The number of hydrogen-bond donors (Lipinski definition) is 0. The van der Waals surface area contributed by atoms with E-state index >= 15 is 0 Å². The van der Waals surface area contributed by atoms with Gasteiger partial charge in [0.2, 0.25) is 0 Å². The van der Waals surface area contributed by atoms with Gasteiger partial charge < -0.3 is 4.57 Å². The number of aryl methyl sites for hydroxylation is 1. The van der Waals surface area contributed by atoms with E-state index in [0.29, 0.717) is 0 Å². The molecule has 0 fully saturated rings. The van der Waals surface area contributed by atoms with Crippen molar-refractivity contribution < 1.29 is 0 Å². The third-order valence-corrected chi connectivity index (χ3v) is 10.5. The van der Waals surface area contributed by atoms with Crippen LogP contribution >= 0.6 is 0 Å². The van der Waals surface area contributed by atoms with E-state index in [1.54, 1.807) is 0 Å². The lowest BCUT2D eigenvalue weighted by atomic mass is 9.57. The molecule has 0 saturated heterocycles. The van der Waals surface area contributed by atoms with Crippen LogP contribution in [0.5, 0.6) is 0 Å². The van der Waals surface area contributed by atoms with E-state index in [1.807, 2.05) is 0 Å². The molecule has 192 valence electrons. The summed E-state index contributed by atoms with van der Waals surface area (Å²) in [5.74, 6) is 0. The maximum absolute atomic E-state index is 2.44. The van der Waals surface area contributed by atoms with Gasteiger partial charge >= 0.3 is 0 Å². The average molecular weight is 498 g/mol. The van der Waals surface area contributed by atoms with Gasteiger partial charge in [-0.15, -0.1) is 0 Å². The number of benzene rings is 4. The van der Waals surface area contributed by atoms with Crippen molar-refractivity contribution in [2.75, 3.05) is 0 Å². The molecule has 1 heteroatoms. The highest BCUT2D eigenvalue weighted by Gasteiger charge is 2.46. The standard InChI is InChI=1S/C37H39N/c1-34(2)22-14-10-12-16-24(22)36(5,6)32-26(34)18-20-28-30(32)31-29(38(28)9)21-19-27-33(31)37(7,8)25-17-13-11-15-23(25)35(27,3)4/h10-21H,1-9H3. The monoisotopic (exact) mass is 497 g/mol. The molecule has 2 aliphatic carbocycles. The zero-order valence-corrected chi connectivity index (χ0v) is 24.4. The topological polar surface area (TPSA) is 4.93 Å². The molecule has 1 nitrogen and oxygen atoms in total. The highest BCUT2D eigenvalue weighted by Crippen LogP contribution is 2.57. The molecule has 5 aromatic rings. The molecule has 0 atom stereocenters. The first-order chi connectivity index (χ1) is 17.8. The van der Waals surface area contributed by atoms with Crippen molar-refractivity contribution in [2.24, 2.45) is 7.05 Å². The molecule has 0 unspecified atom stereocenters. The maximum atomic E-state index is 2.44. The Labute approximate surface area is 227 Å². The van der Waals surface area contributed by atoms with E-state index in [1.165, 1.54) is 66.3 Å². The molecule has 2 aliphatic rings. The Bertz CT molecular complexity index is 1690. The van der Waals surface area contributed by atoms with Gasteiger partial charge in [0, 0.05) is 50.5 Å². The molecule has 0 N–H and O–H groups in total. The molecule has 0 bridgehead atoms. The lowest BCUT2D eigenvalue weighted by Gasteiger charge is -2.45. The van der Waals surface area contributed by atoms with Crippen molar-refractivity contribution >= 4 is 21.8 Å². The Balaban J connectivity index is 1.72. The van der Waals surface area contributed by atoms with Crippen LogP contribution in [-0.2, 0) is 28.7 Å². The smallest absolute Gasteiger partial charge is 0.0492 e. The van der Waals surface area contributed by atoms with E-state index in [2.05, 4.69) is 140 Å². The van der Waals surface area contributed by atoms with Crippen LogP contribution in [0.25, 0.3) is 21.8 Å². The van der Waals surface area contributed by atoms with Crippen LogP contribution < -0.4 is 0 Å². The zero-order valence-electron chi connectivity index (χ0n) is 24.4. The second kappa shape index (κ2) is 7.00. The summed E-state index contributed by atoms with van der Waals surface area (Å²) in [6, 6.07) is 27.9. The molecule has 1 heterocycles. The summed E-state index contributed by atoms with van der Waals surface area (Å²) in [4.78, 5) is 0. The van der Waals surface area contributed by atoms with Crippen LogP contribution in [0.4, 0.5) is 0 Å². The molecular formula is C37H39N. The Kier molecular flexibility index (Phi) is 4.38. The third kappa shape index (κ3) is 2.58. The average Bonchev–Trinajstić information content (AvgIpc) is 3.18. The minimum atomic E-state index is -0.107. The normalized spacial score (nSPS) is 19.5. The largest absolute Gasteiger partial charge is 0.344 e. The van der Waals surface area contributed by atoms with Gasteiger partial charge in [-0.1, -0.05) is 116 Å². The first kappa shape index (κ1) is 23.8. The molecule has 38 heavy (non-hydrogen) atoms. The lowest BCUT2D eigenvalue weighted by molar-refractivity contribution is 0.522. The summed E-state index contributed by atoms with van der Waals surface area (Å²) < 4.78 is 2.44. The van der Waals surface area contributed by atoms with Gasteiger partial charge in [0.25, 0.3) is 0 Å². The van der Waals surface area contributed by atoms with Gasteiger partial charge in [-0.3, -0.25) is 0 Å². The van der Waals surface area contributed by atoms with E-state index in [4.69, 9.17) is 0 Å². The van der Waals surface area contributed by atoms with Crippen LogP contribution in [0.1, 0.15) is 99.9 Å². The fourth-order valence-electron chi connectivity index (χ4n) is 8.42. The third-order valence-electron chi connectivity index (χ3n) is 10.5. The van der Waals surface area contributed by atoms with Crippen LogP contribution in [0.3, 0.4) is 0 Å². The highest BCUT2D eigenvalue weighted by molar-refractivity contribution is 6.14. The summed E-state index contributed by atoms with van der Waals surface area (Å²) in [5, 5.41) is 2.90. The number of aromatic nitrogens is 1. The second-order valence-corrected chi connectivity index (χ2v) is 13.9. The van der Waals surface area contributed by atoms with Crippen LogP contribution in [0.2, 0.25) is 0 Å². The summed E-state index contributed by atoms with van der Waals surface area (Å²) in [6.07, 6.45) is 0. The Morgan fingerprint density at radius 1 is 0.395 bits per heavy atom. The predicted molar refractivity (Wildman–Crippen MR) is 162 cm³/mol. The Morgan fingerprint density at radius 3 is 1.05 bits per heavy atom. The Morgan fingerprint density at radius 2 is 0.711 bits per heavy atom. The van der Waals surface area contributed by atoms with Crippen LogP contribution in [0.15, 0.2) is 72.8 Å². The highest BCUT2D eigenvalue weighted by atomic mass is 14.9. The van der Waals surface area contributed by atoms with E-state index in [9.17, 15) is 0 Å². The number of fused-ring (bicyclic) bond motifs is 9. The van der Waals surface area contributed by atoms with Crippen molar-refractivity contribution in [3.05, 3.63) is 117 Å². The molecule has 4 aromatic carbocycles. The minimum absolute atomic E-state index is 0.0615. The summed E-state index contributed by atoms with van der Waals surface area (Å²) in [7, 11) is 2.26. The van der Waals surface area contributed by atoms with Crippen molar-refractivity contribution in [2.45, 2.75) is 77.0 Å². The summed E-state index contributed by atoms with van der Waals surface area (Å²) in [5.41, 5.74) is 14.1. The fourth-order valence-corrected chi connectivity index (χ4v) is 8.42. The van der Waals surface area contributed by atoms with E-state index in [-0.39, 0.29) is 21.7 Å². The second-order valence-electron chi connectivity index (χ2n) is 13.9. The molecule has 0 spiro atoms. The van der Waals surface area contributed by atoms with Crippen molar-refractivity contribution in [1.29, 1.82) is 0 Å². The van der Waals surface area contributed by atoms with E-state index < -0.39 is 0 Å². The van der Waals surface area contributed by atoms with Gasteiger partial charge in [-0.05, 0) is 56.6 Å². The summed E-state index contributed by atoms with van der Waals surface area (Å²) >= 11 is 0. The van der Waals surface area contributed by atoms with Crippen molar-refractivity contribution in [3.8, 4) is 0 Å². The van der Waals surface area contributed by atoms with E-state index in [0.717, 1.165) is 0 Å². The molecule has 1 aromatic heterocycles. The number of hydrogen-bond acceptors (Lipinski definition) is 0. The van der Waals surface area contributed by atoms with Crippen molar-refractivity contribution in [1.82, 2.24) is 4.57 Å². The predicted octanol–water partition coefficient (Wildman–Crippen LogP) is 9.26. The fraction of sp³-hybridized carbons (Fsp3) is 0.351. The first-order valence-electron chi connectivity index (χ1n) is 14.1. The first-order valence-corrected chi connectivity index (χ1v) is 14.1. The number of rotatable bonds is 0. The Hall–Kier alpha value is -3.32. The molecule has 0 radical (unpaired) electrons. The van der Waals surface area contributed by atoms with Gasteiger partial charge in [0.15, 0.2) is 0 Å². The molecule has 0 saturated carbocycles. The van der Waals surface area contributed by atoms with Gasteiger partial charge in [0.05, 0.1) is 0 Å². The SMILES string of the molecule is Cn1c2ccc3c(c2c2c4c(ccc21)C(C)(C)c1ccccc1C4(C)C)C(C)(C)c1ccccc1C3(C)C. The number of nitrogens with zero attached hydrogens (tertiary/aromatic N) is 1. The summed E-state index contributed by atoms with van der Waals surface area (Å²) in [6.45, 7) is 19.4. The van der Waals surface area contributed by atoms with Crippen molar-refractivity contribution in [3.63, 3.8) is 0 Å². The minimum Gasteiger partial charge on any atom is -0.344 e. The molecule has 7 rings (SSSR count). The zero-order chi connectivity index (χ0) is 27.0. The lowest BCUT2D eigenvalue weighted by Crippen LogP contribution is -2.37. The van der Waals surface area contributed by atoms with Crippen LogP contribution in [0, 0.1) is 0 Å². The molecule has 0 aliphatic heterocycles. The van der Waals surface area contributed by atoms with Gasteiger partial charge in [-0.2, -0.15) is 0 Å². The van der Waals surface area contributed by atoms with Gasteiger partial charge in [-0.25, -0.2) is 0 Å². The quantitative estimate of drug-likeness (QED) is 0.201.